The Morgan fingerprint density at radius 1 is 1.00 bits per heavy atom. The minimum atomic E-state index is 0.0832. The smallest absolute Gasteiger partial charge is 0.253 e. The summed E-state index contributed by atoms with van der Waals surface area (Å²) < 4.78 is 0. The van der Waals surface area contributed by atoms with Gasteiger partial charge >= 0.3 is 0 Å². The van der Waals surface area contributed by atoms with E-state index in [9.17, 15) is 9.90 Å². The van der Waals surface area contributed by atoms with E-state index in [0.717, 1.165) is 31.7 Å². The number of aromatic nitrogens is 1. The number of pyridine rings is 1. The van der Waals surface area contributed by atoms with Gasteiger partial charge in [0, 0.05) is 49.5 Å². The van der Waals surface area contributed by atoms with Crippen LogP contribution in [0.25, 0.3) is 11.3 Å². The number of carbonyl (C=O) groups excluding carboxylic acids is 1. The van der Waals surface area contributed by atoms with Gasteiger partial charge in [0.1, 0.15) is 11.4 Å². The Bertz CT molecular complexity index is 808. The van der Waals surface area contributed by atoms with Crippen molar-refractivity contribution in [1.82, 2.24) is 19.7 Å². The minimum Gasteiger partial charge on any atom is -0.506 e. The lowest BCUT2D eigenvalue weighted by Crippen LogP contribution is -2.54. The number of piperidine rings is 1. The van der Waals surface area contributed by atoms with E-state index in [-0.39, 0.29) is 11.7 Å². The van der Waals surface area contributed by atoms with Gasteiger partial charge in [-0.15, -0.1) is 0 Å². The van der Waals surface area contributed by atoms with Crippen molar-refractivity contribution >= 4 is 5.91 Å². The topological polar surface area (TPSA) is 59.9 Å². The molecule has 0 unspecified atom stereocenters. The summed E-state index contributed by atoms with van der Waals surface area (Å²) in [5.41, 5.74) is 2.03. The first-order chi connectivity index (χ1) is 13.6. The number of hydrogen-bond acceptors (Lipinski definition) is 5. The van der Waals surface area contributed by atoms with E-state index in [1.807, 2.05) is 29.2 Å². The number of rotatable bonds is 3. The first kappa shape index (κ1) is 18.9. The standard InChI is InChI=1S/C22H28N4O2/c1-24-11-8-19(9-12-24)25-13-15-26(16-14-25)22(28)18-6-4-17(5-7-18)21-20(27)3-2-10-23-21/h2-7,10,19,27H,8-9,11-16H2,1H3. The number of benzene rings is 1. The first-order valence-corrected chi connectivity index (χ1v) is 10.1. The van der Waals surface area contributed by atoms with Crippen molar-refractivity contribution in [3.8, 4) is 17.0 Å². The van der Waals surface area contributed by atoms with Gasteiger partial charge in [0.05, 0.1) is 0 Å². The second-order valence-electron chi connectivity index (χ2n) is 7.81. The molecule has 2 aliphatic heterocycles. The predicted molar refractivity (Wildman–Crippen MR) is 109 cm³/mol. The first-order valence-electron chi connectivity index (χ1n) is 10.1. The van der Waals surface area contributed by atoms with Crippen LogP contribution in [-0.2, 0) is 0 Å². The molecule has 2 aromatic rings. The van der Waals surface area contributed by atoms with Gasteiger partial charge in [-0.2, -0.15) is 0 Å². The second-order valence-corrected chi connectivity index (χ2v) is 7.81. The van der Waals surface area contributed by atoms with E-state index in [1.165, 1.54) is 25.9 Å². The van der Waals surface area contributed by atoms with Gasteiger partial charge in [0.2, 0.25) is 0 Å². The Balaban J connectivity index is 1.36. The number of likely N-dealkylation sites (tertiary alicyclic amines) is 1. The highest BCUT2D eigenvalue weighted by atomic mass is 16.3. The quantitative estimate of drug-likeness (QED) is 0.886. The van der Waals surface area contributed by atoms with Crippen LogP contribution in [0.2, 0.25) is 0 Å². The molecule has 6 nitrogen and oxygen atoms in total. The molecule has 28 heavy (non-hydrogen) atoms. The third-order valence-electron chi connectivity index (χ3n) is 6.00. The van der Waals surface area contributed by atoms with Crippen molar-refractivity contribution in [2.75, 3.05) is 46.3 Å². The molecule has 1 amide bonds. The van der Waals surface area contributed by atoms with Crippen LogP contribution < -0.4 is 0 Å². The Morgan fingerprint density at radius 2 is 1.68 bits per heavy atom. The van der Waals surface area contributed by atoms with Crippen molar-refractivity contribution in [3.05, 3.63) is 48.2 Å². The zero-order chi connectivity index (χ0) is 19.5. The van der Waals surface area contributed by atoms with Gasteiger partial charge in [-0.3, -0.25) is 14.7 Å². The van der Waals surface area contributed by atoms with E-state index >= 15 is 0 Å². The number of amides is 1. The predicted octanol–water partition coefficient (Wildman–Crippen LogP) is 2.31. The highest BCUT2D eigenvalue weighted by Gasteiger charge is 2.28. The summed E-state index contributed by atoms with van der Waals surface area (Å²) in [5.74, 6) is 0.228. The molecule has 0 aliphatic carbocycles. The van der Waals surface area contributed by atoms with Gasteiger partial charge in [-0.1, -0.05) is 12.1 Å². The maximum absolute atomic E-state index is 12.9. The maximum atomic E-state index is 12.9. The molecule has 3 heterocycles. The molecule has 1 N–H and O–H groups in total. The third-order valence-corrected chi connectivity index (χ3v) is 6.00. The molecule has 6 heteroatoms. The summed E-state index contributed by atoms with van der Waals surface area (Å²) in [5, 5.41) is 9.95. The normalized spacial score (nSPS) is 19.7. The van der Waals surface area contributed by atoms with Crippen LogP contribution in [0.3, 0.4) is 0 Å². The van der Waals surface area contributed by atoms with Gasteiger partial charge in [0.15, 0.2) is 0 Å². The van der Waals surface area contributed by atoms with Gasteiger partial charge < -0.3 is 14.9 Å². The van der Waals surface area contributed by atoms with Gasteiger partial charge in [-0.25, -0.2) is 0 Å². The summed E-state index contributed by atoms with van der Waals surface area (Å²) in [6.45, 7) is 5.83. The zero-order valence-corrected chi connectivity index (χ0v) is 16.4. The number of aromatic hydroxyl groups is 1. The Labute approximate surface area is 166 Å². The number of carbonyl (C=O) groups is 1. The van der Waals surface area contributed by atoms with E-state index in [0.29, 0.717) is 17.3 Å². The molecule has 2 saturated heterocycles. The lowest BCUT2D eigenvalue weighted by Gasteiger charge is -2.42. The van der Waals surface area contributed by atoms with Crippen LogP contribution in [0.1, 0.15) is 23.2 Å². The summed E-state index contributed by atoms with van der Waals surface area (Å²) in [7, 11) is 2.19. The SMILES string of the molecule is CN1CCC(N2CCN(C(=O)c3ccc(-c4ncccc4O)cc3)CC2)CC1. The van der Waals surface area contributed by atoms with Crippen LogP contribution in [0.15, 0.2) is 42.6 Å². The van der Waals surface area contributed by atoms with Crippen molar-refractivity contribution in [3.63, 3.8) is 0 Å². The fourth-order valence-electron chi connectivity index (χ4n) is 4.22. The van der Waals surface area contributed by atoms with Gasteiger partial charge in [0.25, 0.3) is 5.91 Å². The molecule has 0 radical (unpaired) electrons. The Hall–Kier alpha value is -2.44. The molecular weight excluding hydrogens is 352 g/mol. The summed E-state index contributed by atoms with van der Waals surface area (Å²) in [4.78, 5) is 24.0. The number of hydrogen-bond donors (Lipinski definition) is 1. The molecular formula is C22H28N4O2. The summed E-state index contributed by atoms with van der Waals surface area (Å²) >= 11 is 0. The lowest BCUT2D eigenvalue weighted by atomic mass is 10.0. The minimum absolute atomic E-state index is 0.0832. The number of nitrogens with zero attached hydrogens (tertiary/aromatic N) is 4. The lowest BCUT2D eigenvalue weighted by molar-refractivity contribution is 0.0475. The van der Waals surface area contributed by atoms with E-state index in [2.05, 4.69) is 21.8 Å². The molecule has 0 spiro atoms. The van der Waals surface area contributed by atoms with Crippen molar-refractivity contribution in [2.24, 2.45) is 0 Å². The molecule has 0 bridgehead atoms. The van der Waals surface area contributed by atoms with E-state index < -0.39 is 0 Å². The zero-order valence-electron chi connectivity index (χ0n) is 16.4. The fourth-order valence-corrected chi connectivity index (χ4v) is 4.22. The molecule has 1 aromatic carbocycles. The van der Waals surface area contributed by atoms with Crippen LogP contribution in [-0.4, -0.2) is 83.1 Å². The largest absolute Gasteiger partial charge is 0.506 e. The van der Waals surface area contributed by atoms with Crippen LogP contribution in [0, 0.1) is 0 Å². The Morgan fingerprint density at radius 3 is 2.32 bits per heavy atom. The third kappa shape index (κ3) is 4.03. The van der Waals surface area contributed by atoms with E-state index in [4.69, 9.17) is 0 Å². The molecule has 0 atom stereocenters. The van der Waals surface area contributed by atoms with Gasteiger partial charge in [-0.05, 0) is 57.2 Å². The highest BCUT2D eigenvalue weighted by Crippen LogP contribution is 2.26. The molecule has 4 rings (SSSR count). The van der Waals surface area contributed by atoms with Crippen LogP contribution in [0.5, 0.6) is 5.75 Å². The highest BCUT2D eigenvalue weighted by molar-refractivity contribution is 5.94. The maximum Gasteiger partial charge on any atom is 0.253 e. The summed E-state index contributed by atoms with van der Waals surface area (Å²) in [6, 6.07) is 11.3. The molecule has 2 fully saturated rings. The fraction of sp³-hybridized carbons (Fsp3) is 0.455. The summed E-state index contributed by atoms with van der Waals surface area (Å²) in [6.07, 6.45) is 4.11. The molecule has 0 saturated carbocycles. The number of piperazine rings is 1. The van der Waals surface area contributed by atoms with Crippen LogP contribution in [0.4, 0.5) is 0 Å². The Kier molecular flexibility index (Phi) is 5.59. The van der Waals surface area contributed by atoms with Crippen molar-refractivity contribution < 1.29 is 9.90 Å². The molecule has 1 aromatic heterocycles. The molecule has 2 aliphatic rings. The van der Waals surface area contributed by atoms with Crippen LogP contribution >= 0.6 is 0 Å². The second kappa shape index (κ2) is 8.29. The average Bonchev–Trinajstić information content (AvgIpc) is 2.74. The average molecular weight is 380 g/mol. The molecule has 148 valence electrons. The monoisotopic (exact) mass is 380 g/mol. The van der Waals surface area contributed by atoms with E-state index in [1.54, 1.807) is 18.3 Å². The van der Waals surface area contributed by atoms with Crippen molar-refractivity contribution in [2.45, 2.75) is 18.9 Å². The van der Waals surface area contributed by atoms with Crippen molar-refractivity contribution in [1.29, 1.82) is 0 Å².